The van der Waals surface area contributed by atoms with E-state index in [2.05, 4.69) is 30.3 Å². The van der Waals surface area contributed by atoms with Crippen LogP contribution in [0, 0.1) is 26.7 Å². The van der Waals surface area contributed by atoms with Crippen molar-refractivity contribution in [2.75, 3.05) is 23.3 Å². The van der Waals surface area contributed by atoms with Crippen molar-refractivity contribution >= 4 is 17.5 Å². The Morgan fingerprint density at radius 3 is 2.59 bits per heavy atom. The minimum absolute atomic E-state index is 0.0131. The molecule has 4 rings (SSSR count). The van der Waals surface area contributed by atoms with E-state index in [4.69, 9.17) is 0 Å². The summed E-state index contributed by atoms with van der Waals surface area (Å²) in [6.07, 6.45) is 3.21. The number of aryl methyl sites for hydroxylation is 3. The van der Waals surface area contributed by atoms with Crippen LogP contribution in [0.15, 0.2) is 36.8 Å². The van der Waals surface area contributed by atoms with Crippen LogP contribution in [0.4, 0.5) is 11.6 Å². The van der Waals surface area contributed by atoms with E-state index in [1.807, 2.05) is 45.0 Å². The van der Waals surface area contributed by atoms with E-state index >= 15 is 0 Å². The van der Waals surface area contributed by atoms with Gasteiger partial charge in [-0.2, -0.15) is 5.10 Å². The molecular weight excluding hydrogens is 342 g/mol. The lowest BCUT2D eigenvalue weighted by molar-refractivity contribution is -0.120. The predicted octanol–water partition coefficient (Wildman–Crippen LogP) is 2.06. The molecule has 3 aromatic heterocycles. The first kappa shape index (κ1) is 17.1. The van der Waals surface area contributed by atoms with Crippen LogP contribution in [-0.4, -0.2) is 43.7 Å². The van der Waals surface area contributed by atoms with Crippen molar-refractivity contribution in [2.24, 2.45) is 5.92 Å². The minimum atomic E-state index is -0.0847. The number of nitrogens with one attached hydrogen (secondary N) is 1. The third-order valence-corrected chi connectivity index (χ3v) is 4.69. The monoisotopic (exact) mass is 363 g/mol. The molecule has 8 nitrogen and oxygen atoms in total. The molecule has 0 atom stereocenters. The molecule has 1 aliphatic heterocycles. The molecule has 1 fully saturated rings. The summed E-state index contributed by atoms with van der Waals surface area (Å²) < 4.78 is 1.80. The maximum Gasteiger partial charge on any atom is 0.232 e. The second-order valence-electron chi connectivity index (χ2n) is 6.83. The van der Waals surface area contributed by atoms with Crippen molar-refractivity contribution in [2.45, 2.75) is 20.8 Å². The Hall–Kier alpha value is -3.29. The zero-order chi connectivity index (χ0) is 19.0. The van der Waals surface area contributed by atoms with Crippen LogP contribution in [0.1, 0.15) is 17.0 Å². The third-order valence-electron chi connectivity index (χ3n) is 4.69. The first-order chi connectivity index (χ1) is 13.0. The topological polar surface area (TPSA) is 88.8 Å². The maximum absolute atomic E-state index is 12.4. The number of carbonyl (C=O) groups is 1. The highest BCUT2D eigenvalue weighted by Crippen LogP contribution is 2.25. The first-order valence-electron chi connectivity index (χ1n) is 8.84. The van der Waals surface area contributed by atoms with Gasteiger partial charge >= 0.3 is 0 Å². The molecule has 0 saturated carbocycles. The number of carbonyl (C=O) groups excluding carboxylic acids is 1. The Morgan fingerprint density at radius 2 is 1.89 bits per heavy atom. The zero-order valence-electron chi connectivity index (χ0n) is 15.5. The highest BCUT2D eigenvalue weighted by atomic mass is 16.2. The Morgan fingerprint density at radius 1 is 1.11 bits per heavy atom. The number of nitrogens with zero attached hydrogens (tertiary/aromatic N) is 6. The maximum atomic E-state index is 12.4. The molecule has 0 aromatic carbocycles. The number of hydrogen-bond acceptors (Lipinski definition) is 6. The van der Waals surface area contributed by atoms with Gasteiger partial charge in [-0.1, -0.05) is 6.07 Å². The van der Waals surface area contributed by atoms with Crippen molar-refractivity contribution in [3.05, 3.63) is 53.7 Å². The summed E-state index contributed by atoms with van der Waals surface area (Å²) in [6.45, 7) is 7.10. The van der Waals surface area contributed by atoms with Crippen LogP contribution in [-0.2, 0) is 4.79 Å². The lowest BCUT2D eigenvalue weighted by atomic mass is 9.99. The quantitative estimate of drug-likeness (QED) is 0.763. The number of amides is 1. The summed E-state index contributed by atoms with van der Waals surface area (Å²) in [6, 6.07) is 7.69. The fourth-order valence-electron chi connectivity index (χ4n) is 3.15. The average Bonchev–Trinajstić information content (AvgIpc) is 2.94. The van der Waals surface area contributed by atoms with Crippen LogP contribution in [0.5, 0.6) is 0 Å². The van der Waals surface area contributed by atoms with Crippen LogP contribution in [0.3, 0.4) is 0 Å². The fraction of sp³-hybridized carbons (Fsp3) is 0.316. The lowest BCUT2D eigenvalue weighted by Gasteiger charge is -2.39. The summed E-state index contributed by atoms with van der Waals surface area (Å²) >= 11 is 0. The van der Waals surface area contributed by atoms with Gasteiger partial charge in [0.05, 0.1) is 11.6 Å². The molecule has 0 bridgehead atoms. The third kappa shape index (κ3) is 3.38. The molecule has 0 aliphatic carbocycles. The Balaban J connectivity index is 1.42. The normalized spacial score (nSPS) is 14.1. The van der Waals surface area contributed by atoms with E-state index in [-0.39, 0.29) is 11.8 Å². The van der Waals surface area contributed by atoms with Crippen LogP contribution in [0.2, 0.25) is 0 Å². The van der Waals surface area contributed by atoms with E-state index in [0.717, 1.165) is 28.6 Å². The number of rotatable bonds is 4. The van der Waals surface area contributed by atoms with Gasteiger partial charge in [0.2, 0.25) is 5.91 Å². The average molecular weight is 363 g/mol. The smallest absolute Gasteiger partial charge is 0.232 e. The molecule has 27 heavy (non-hydrogen) atoms. The summed E-state index contributed by atoms with van der Waals surface area (Å²) in [5, 5.41) is 7.37. The van der Waals surface area contributed by atoms with Gasteiger partial charge in [0.15, 0.2) is 5.82 Å². The summed E-state index contributed by atoms with van der Waals surface area (Å²) in [5.74, 6) is 2.04. The summed E-state index contributed by atoms with van der Waals surface area (Å²) in [7, 11) is 0. The molecule has 0 radical (unpaired) electrons. The van der Waals surface area contributed by atoms with Crippen LogP contribution < -0.4 is 10.2 Å². The molecule has 4 heterocycles. The molecule has 8 heteroatoms. The molecular formula is C19H21N7O. The van der Waals surface area contributed by atoms with Crippen molar-refractivity contribution in [3.63, 3.8) is 0 Å². The lowest BCUT2D eigenvalue weighted by Crippen LogP contribution is -2.52. The predicted molar refractivity (Wildman–Crippen MR) is 102 cm³/mol. The van der Waals surface area contributed by atoms with Gasteiger partial charge in [-0.05, 0) is 38.5 Å². The second kappa shape index (κ2) is 6.79. The summed E-state index contributed by atoms with van der Waals surface area (Å²) in [5.41, 5.74) is 2.91. The van der Waals surface area contributed by atoms with Crippen molar-refractivity contribution in [1.29, 1.82) is 0 Å². The van der Waals surface area contributed by atoms with Gasteiger partial charge in [-0.15, -0.1) is 0 Å². The number of hydrogen-bond donors (Lipinski definition) is 1. The number of aromatic nitrogens is 5. The van der Waals surface area contributed by atoms with E-state index in [1.54, 1.807) is 10.9 Å². The van der Waals surface area contributed by atoms with Gasteiger partial charge in [-0.25, -0.2) is 19.6 Å². The van der Waals surface area contributed by atoms with Gasteiger partial charge in [0.25, 0.3) is 0 Å². The van der Waals surface area contributed by atoms with E-state index in [0.29, 0.717) is 18.9 Å². The molecule has 3 aromatic rings. The SMILES string of the molecule is Cc1cc(C)n(-c2cc(N3CC(C(=O)Nc4ncccc4C)C3)ncn2)n1. The van der Waals surface area contributed by atoms with Crippen molar-refractivity contribution in [1.82, 2.24) is 24.7 Å². The number of pyridine rings is 1. The van der Waals surface area contributed by atoms with Gasteiger partial charge in [-0.3, -0.25) is 4.79 Å². The molecule has 0 unspecified atom stereocenters. The molecule has 1 N–H and O–H groups in total. The fourth-order valence-corrected chi connectivity index (χ4v) is 3.15. The van der Waals surface area contributed by atoms with Gasteiger partial charge in [0, 0.05) is 31.0 Å². The van der Waals surface area contributed by atoms with E-state index in [9.17, 15) is 4.79 Å². The van der Waals surface area contributed by atoms with Gasteiger partial charge in [0.1, 0.15) is 18.0 Å². The van der Waals surface area contributed by atoms with E-state index < -0.39 is 0 Å². The molecule has 1 aliphatic rings. The molecule has 1 amide bonds. The largest absolute Gasteiger partial charge is 0.355 e. The molecule has 0 spiro atoms. The van der Waals surface area contributed by atoms with E-state index in [1.165, 1.54) is 6.33 Å². The Bertz CT molecular complexity index is 991. The highest BCUT2D eigenvalue weighted by molar-refractivity contribution is 5.94. The molecule has 138 valence electrons. The highest BCUT2D eigenvalue weighted by Gasteiger charge is 2.34. The zero-order valence-corrected chi connectivity index (χ0v) is 15.5. The van der Waals surface area contributed by atoms with Gasteiger partial charge < -0.3 is 10.2 Å². The first-order valence-corrected chi connectivity index (χ1v) is 8.84. The minimum Gasteiger partial charge on any atom is -0.355 e. The van der Waals surface area contributed by atoms with Crippen molar-refractivity contribution in [3.8, 4) is 5.82 Å². The Kier molecular flexibility index (Phi) is 4.31. The Labute approximate surface area is 157 Å². The summed E-state index contributed by atoms with van der Waals surface area (Å²) in [4.78, 5) is 27.4. The van der Waals surface area contributed by atoms with Crippen LogP contribution in [0.25, 0.3) is 5.82 Å². The standard InChI is InChI=1S/C19H21N7O/c1-12-5-4-6-20-18(12)23-19(27)15-9-25(10-15)16-8-17(22-11-21-16)26-14(3)7-13(2)24-26/h4-8,11,15H,9-10H2,1-3H3,(H,20,23,27). The number of anilines is 2. The van der Waals surface area contributed by atoms with Crippen LogP contribution >= 0.6 is 0 Å². The molecule has 1 saturated heterocycles. The van der Waals surface area contributed by atoms with Crippen molar-refractivity contribution < 1.29 is 4.79 Å². The second-order valence-corrected chi connectivity index (χ2v) is 6.83.